The van der Waals surface area contributed by atoms with E-state index in [1.165, 1.54) is 6.42 Å². The Labute approximate surface area is 112 Å². The lowest BCUT2D eigenvalue weighted by Gasteiger charge is -2.32. The van der Waals surface area contributed by atoms with Gasteiger partial charge in [-0.25, -0.2) is 0 Å². The second kappa shape index (κ2) is 7.78. The Balaban J connectivity index is 2.29. The second-order valence-electron chi connectivity index (χ2n) is 5.64. The Morgan fingerprint density at radius 1 is 1.22 bits per heavy atom. The van der Waals surface area contributed by atoms with Crippen molar-refractivity contribution in [1.29, 1.82) is 0 Å². The van der Waals surface area contributed by atoms with Crippen molar-refractivity contribution in [1.82, 2.24) is 5.32 Å². The monoisotopic (exact) mass is 255 g/mol. The molecule has 0 aromatic carbocycles. The average Bonchev–Trinajstić information content (AvgIpc) is 2.38. The number of carbonyl (C=O) groups excluding carboxylic acids is 1. The Morgan fingerprint density at radius 2 is 1.83 bits per heavy atom. The standard InChI is InChI=1S/C15H29NO2/c1-5-11(3)12(4)16-14-9-7-13(8-10-14)15(17)18-6-2/h11-14,16H,5-10H2,1-4H3. The molecule has 0 spiro atoms. The lowest BCUT2D eigenvalue weighted by atomic mass is 9.85. The van der Waals surface area contributed by atoms with Crippen LogP contribution in [0.5, 0.6) is 0 Å². The van der Waals surface area contributed by atoms with Crippen molar-refractivity contribution in [3.63, 3.8) is 0 Å². The van der Waals surface area contributed by atoms with Crippen molar-refractivity contribution in [3.8, 4) is 0 Å². The van der Waals surface area contributed by atoms with Crippen LogP contribution in [0.4, 0.5) is 0 Å². The third kappa shape index (κ3) is 4.60. The van der Waals surface area contributed by atoms with E-state index in [4.69, 9.17) is 4.74 Å². The van der Waals surface area contributed by atoms with Crippen LogP contribution in [0, 0.1) is 11.8 Å². The van der Waals surface area contributed by atoms with E-state index >= 15 is 0 Å². The van der Waals surface area contributed by atoms with Gasteiger partial charge in [-0.1, -0.05) is 20.3 Å². The minimum atomic E-state index is 0.00549. The van der Waals surface area contributed by atoms with E-state index in [9.17, 15) is 4.79 Å². The van der Waals surface area contributed by atoms with Crippen LogP contribution in [0.15, 0.2) is 0 Å². The maximum Gasteiger partial charge on any atom is 0.308 e. The number of rotatable bonds is 6. The molecule has 0 amide bonds. The summed E-state index contributed by atoms with van der Waals surface area (Å²) in [5, 5.41) is 3.71. The number of carbonyl (C=O) groups is 1. The topological polar surface area (TPSA) is 38.3 Å². The van der Waals surface area contributed by atoms with E-state index in [0.29, 0.717) is 24.6 Å². The Hall–Kier alpha value is -0.570. The Kier molecular flexibility index (Phi) is 6.69. The van der Waals surface area contributed by atoms with Crippen molar-refractivity contribution in [2.24, 2.45) is 11.8 Å². The van der Waals surface area contributed by atoms with Gasteiger partial charge >= 0.3 is 5.97 Å². The van der Waals surface area contributed by atoms with Gasteiger partial charge in [-0.05, 0) is 45.4 Å². The molecule has 18 heavy (non-hydrogen) atoms. The average molecular weight is 255 g/mol. The molecule has 1 saturated carbocycles. The van der Waals surface area contributed by atoms with Crippen molar-refractivity contribution in [2.75, 3.05) is 6.61 Å². The first-order chi connectivity index (χ1) is 8.58. The summed E-state index contributed by atoms with van der Waals surface area (Å²) in [6.07, 6.45) is 5.37. The molecule has 3 nitrogen and oxygen atoms in total. The summed E-state index contributed by atoms with van der Waals surface area (Å²) in [6.45, 7) is 9.18. The lowest BCUT2D eigenvalue weighted by molar-refractivity contribution is -0.149. The molecule has 0 aliphatic heterocycles. The van der Waals surface area contributed by atoms with E-state index in [1.54, 1.807) is 0 Å². The molecule has 0 bridgehead atoms. The molecule has 1 aliphatic rings. The van der Waals surface area contributed by atoms with Gasteiger partial charge in [0.2, 0.25) is 0 Å². The SMILES string of the molecule is CCOC(=O)C1CCC(NC(C)C(C)CC)CC1. The minimum absolute atomic E-state index is 0.00549. The molecular weight excluding hydrogens is 226 g/mol. The molecule has 0 radical (unpaired) electrons. The van der Waals surface area contributed by atoms with E-state index in [1.807, 2.05) is 6.92 Å². The van der Waals surface area contributed by atoms with Gasteiger partial charge in [-0.2, -0.15) is 0 Å². The van der Waals surface area contributed by atoms with Crippen LogP contribution in [0.1, 0.15) is 59.8 Å². The van der Waals surface area contributed by atoms with Crippen molar-refractivity contribution < 1.29 is 9.53 Å². The van der Waals surface area contributed by atoms with E-state index in [0.717, 1.165) is 25.7 Å². The fourth-order valence-corrected chi connectivity index (χ4v) is 2.65. The van der Waals surface area contributed by atoms with Crippen molar-refractivity contribution >= 4 is 5.97 Å². The highest BCUT2D eigenvalue weighted by molar-refractivity contribution is 5.72. The summed E-state index contributed by atoms with van der Waals surface area (Å²) >= 11 is 0. The Morgan fingerprint density at radius 3 is 2.33 bits per heavy atom. The fraction of sp³-hybridized carbons (Fsp3) is 0.933. The molecule has 1 rings (SSSR count). The van der Waals surface area contributed by atoms with Crippen LogP contribution >= 0.6 is 0 Å². The van der Waals surface area contributed by atoms with Gasteiger partial charge in [-0.15, -0.1) is 0 Å². The van der Waals surface area contributed by atoms with Crippen molar-refractivity contribution in [3.05, 3.63) is 0 Å². The maximum atomic E-state index is 11.6. The molecule has 106 valence electrons. The first-order valence-corrected chi connectivity index (χ1v) is 7.51. The molecule has 1 N–H and O–H groups in total. The second-order valence-corrected chi connectivity index (χ2v) is 5.64. The van der Waals surface area contributed by atoms with E-state index in [-0.39, 0.29) is 11.9 Å². The highest BCUT2D eigenvalue weighted by Crippen LogP contribution is 2.26. The number of ether oxygens (including phenoxy) is 1. The van der Waals surface area contributed by atoms with Gasteiger partial charge < -0.3 is 10.1 Å². The highest BCUT2D eigenvalue weighted by Gasteiger charge is 2.28. The summed E-state index contributed by atoms with van der Waals surface area (Å²) in [5.74, 6) is 0.862. The molecular formula is C15H29NO2. The number of nitrogens with one attached hydrogen (secondary N) is 1. The van der Waals surface area contributed by atoms with Crippen LogP contribution in [-0.2, 0) is 9.53 Å². The van der Waals surface area contributed by atoms with Gasteiger partial charge in [0.05, 0.1) is 12.5 Å². The zero-order valence-corrected chi connectivity index (χ0v) is 12.4. The molecule has 2 unspecified atom stereocenters. The highest BCUT2D eigenvalue weighted by atomic mass is 16.5. The zero-order chi connectivity index (χ0) is 13.5. The molecule has 0 saturated heterocycles. The van der Waals surface area contributed by atoms with Crippen LogP contribution in [-0.4, -0.2) is 24.7 Å². The molecule has 0 aromatic heterocycles. The molecule has 2 atom stereocenters. The smallest absolute Gasteiger partial charge is 0.308 e. The van der Waals surface area contributed by atoms with Gasteiger partial charge in [0, 0.05) is 12.1 Å². The fourth-order valence-electron chi connectivity index (χ4n) is 2.65. The molecule has 1 fully saturated rings. The summed E-state index contributed by atoms with van der Waals surface area (Å²) in [7, 11) is 0. The quantitative estimate of drug-likeness (QED) is 0.741. The van der Waals surface area contributed by atoms with Crippen molar-refractivity contribution in [2.45, 2.75) is 71.9 Å². The third-order valence-electron chi connectivity index (χ3n) is 4.34. The molecule has 3 heteroatoms. The number of esters is 1. The predicted molar refractivity (Wildman–Crippen MR) is 74.4 cm³/mol. The maximum absolute atomic E-state index is 11.6. The molecule has 0 aromatic rings. The van der Waals surface area contributed by atoms with Crippen LogP contribution in [0.2, 0.25) is 0 Å². The minimum Gasteiger partial charge on any atom is -0.466 e. The number of hydrogen-bond donors (Lipinski definition) is 1. The summed E-state index contributed by atoms with van der Waals surface area (Å²) in [5.41, 5.74) is 0. The number of hydrogen-bond acceptors (Lipinski definition) is 3. The zero-order valence-electron chi connectivity index (χ0n) is 12.4. The van der Waals surface area contributed by atoms with Gasteiger partial charge in [0.15, 0.2) is 0 Å². The van der Waals surface area contributed by atoms with Gasteiger partial charge in [0.1, 0.15) is 0 Å². The summed E-state index contributed by atoms with van der Waals surface area (Å²) in [6, 6.07) is 1.15. The van der Waals surface area contributed by atoms with E-state index in [2.05, 4.69) is 26.1 Å². The first kappa shape index (κ1) is 15.5. The van der Waals surface area contributed by atoms with Crippen LogP contribution in [0.3, 0.4) is 0 Å². The van der Waals surface area contributed by atoms with Crippen LogP contribution in [0.25, 0.3) is 0 Å². The third-order valence-corrected chi connectivity index (χ3v) is 4.34. The Bertz CT molecular complexity index is 247. The normalized spacial score (nSPS) is 27.6. The predicted octanol–water partition coefficient (Wildman–Crippen LogP) is 3.13. The van der Waals surface area contributed by atoms with Gasteiger partial charge in [0.25, 0.3) is 0 Å². The van der Waals surface area contributed by atoms with Gasteiger partial charge in [-0.3, -0.25) is 4.79 Å². The molecule has 0 heterocycles. The lowest BCUT2D eigenvalue weighted by Crippen LogP contribution is -2.42. The largest absolute Gasteiger partial charge is 0.466 e. The van der Waals surface area contributed by atoms with Crippen LogP contribution < -0.4 is 5.32 Å². The summed E-state index contributed by atoms with van der Waals surface area (Å²) < 4.78 is 5.09. The van der Waals surface area contributed by atoms with E-state index < -0.39 is 0 Å². The first-order valence-electron chi connectivity index (χ1n) is 7.51. The molecule has 1 aliphatic carbocycles. The summed E-state index contributed by atoms with van der Waals surface area (Å²) in [4.78, 5) is 11.6.